The Bertz CT molecular complexity index is 1420. The van der Waals surface area contributed by atoms with Gasteiger partial charge in [0.05, 0.1) is 23.0 Å². The van der Waals surface area contributed by atoms with Crippen LogP contribution in [0.1, 0.15) is 54.8 Å². The van der Waals surface area contributed by atoms with Gasteiger partial charge in [0, 0.05) is 7.14 Å². The van der Waals surface area contributed by atoms with E-state index in [1.165, 1.54) is 0 Å². The normalized spacial score (nSPS) is 21.3. The van der Waals surface area contributed by atoms with Crippen molar-refractivity contribution in [3.05, 3.63) is 138 Å². The lowest BCUT2D eigenvalue weighted by atomic mass is 9.61. The Kier molecular flexibility index (Phi) is 6.33. The Hall–Kier alpha value is -2.72. The maximum Gasteiger partial charge on any atom is 0.338 e. The largest absolute Gasteiger partial charge is 0.454 e. The van der Waals surface area contributed by atoms with E-state index >= 15 is 0 Å². The number of hydrogen-bond acceptors (Lipinski definition) is 4. The summed E-state index contributed by atoms with van der Waals surface area (Å²) in [5.74, 6) is -1.34. The number of carbonyl (C=O) groups is 2. The molecule has 0 fully saturated rings. The van der Waals surface area contributed by atoms with Gasteiger partial charge in [0.1, 0.15) is 0 Å². The molecular weight excluding hydrogens is 678 g/mol. The predicted molar refractivity (Wildman–Crippen MR) is 153 cm³/mol. The van der Waals surface area contributed by atoms with Gasteiger partial charge in [-0.3, -0.25) is 0 Å². The van der Waals surface area contributed by atoms with Gasteiger partial charge in [-0.1, -0.05) is 60.7 Å². The lowest BCUT2D eigenvalue weighted by molar-refractivity contribution is -0.0560. The minimum Gasteiger partial charge on any atom is -0.454 e. The van der Waals surface area contributed by atoms with Gasteiger partial charge in [0.15, 0.2) is 12.2 Å². The van der Waals surface area contributed by atoms with Crippen LogP contribution in [-0.2, 0) is 9.47 Å². The first-order valence-electron chi connectivity index (χ1n) is 11.6. The zero-order valence-corrected chi connectivity index (χ0v) is 23.3. The first-order valence-corrected chi connectivity index (χ1v) is 13.8. The molecule has 3 aliphatic carbocycles. The zero-order valence-electron chi connectivity index (χ0n) is 18.9. The standard InChI is InChI=1S/C30H20I2O4/c31-21-15-7-13-19-23-20-14-8-16-22(32)25(20)26(24(19)21)28(36-30(34)18-11-5-2-6-12-18)27(23)35-29(33)17-9-3-1-4-10-17/h1-16,23,26-28H. The number of ether oxygens (including phenoxy) is 2. The molecule has 4 aromatic carbocycles. The summed E-state index contributed by atoms with van der Waals surface area (Å²) in [4.78, 5) is 26.6. The molecule has 4 aromatic rings. The fraction of sp³-hybridized carbons (Fsp3) is 0.133. The summed E-state index contributed by atoms with van der Waals surface area (Å²) < 4.78 is 14.7. The molecule has 0 radical (unpaired) electrons. The van der Waals surface area contributed by atoms with Crippen molar-refractivity contribution in [2.24, 2.45) is 0 Å². The number of carbonyl (C=O) groups excluding carboxylic acids is 2. The fourth-order valence-electron chi connectivity index (χ4n) is 5.48. The minimum absolute atomic E-state index is 0.245. The number of fused-ring (bicyclic) bond motifs is 1. The molecule has 2 unspecified atom stereocenters. The summed E-state index contributed by atoms with van der Waals surface area (Å²) in [5.41, 5.74) is 5.49. The summed E-state index contributed by atoms with van der Waals surface area (Å²) in [6.07, 6.45) is -1.33. The fourth-order valence-corrected chi connectivity index (χ4v) is 7.19. The number of hydrogen-bond donors (Lipinski definition) is 0. The minimum atomic E-state index is -0.665. The van der Waals surface area contributed by atoms with E-state index < -0.39 is 24.1 Å². The summed E-state index contributed by atoms with van der Waals surface area (Å²) in [6, 6.07) is 30.4. The van der Waals surface area contributed by atoms with Gasteiger partial charge in [0.25, 0.3) is 0 Å². The van der Waals surface area contributed by atoms with Crippen LogP contribution in [0.4, 0.5) is 0 Å². The molecule has 0 saturated carbocycles. The first kappa shape index (κ1) is 23.7. The monoisotopic (exact) mass is 698 g/mol. The van der Waals surface area contributed by atoms with E-state index in [0.29, 0.717) is 11.1 Å². The van der Waals surface area contributed by atoms with E-state index in [-0.39, 0.29) is 11.8 Å². The van der Waals surface area contributed by atoms with Crippen LogP contribution in [0.3, 0.4) is 0 Å². The van der Waals surface area contributed by atoms with E-state index in [1.54, 1.807) is 24.3 Å². The van der Waals surface area contributed by atoms with Gasteiger partial charge in [-0.15, -0.1) is 0 Å². The van der Waals surface area contributed by atoms with Crippen LogP contribution in [0, 0.1) is 7.14 Å². The highest BCUT2D eigenvalue weighted by molar-refractivity contribution is 14.1. The highest BCUT2D eigenvalue weighted by Gasteiger charge is 2.55. The Labute approximate surface area is 236 Å². The zero-order chi connectivity index (χ0) is 24.8. The maximum atomic E-state index is 13.3. The molecule has 36 heavy (non-hydrogen) atoms. The van der Waals surface area contributed by atoms with Crippen molar-refractivity contribution in [1.29, 1.82) is 0 Å². The van der Waals surface area contributed by atoms with Crippen LogP contribution in [0.2, 0.25) is 0 Å². The van der Waals surface area contributed by atoms with Crippen LogP contribution in [0.5, 0.6) is 0 Å². The third-order valence-corrected chi connectivity index (χ3v) is 8.83. The maximum absolute atomic E-state index is 13.3. The molecule has 0 amide bonds. The van der Waals surface area contributed by atoms with E-state index in [4.69, 9.17) is 9.47 Å². The van der Waals surface area contributed by atoms with Crippen molar-refractivity contribution in [3.8, 4) is 0 Å². The highest BCUT2D eigenvalue weighted by Crippen LogP contribution is 2.57. The van der Waals surface area contributed by atoms with Crippen LogP contribution in [0.25, 0.3) is 0 Å². The summed E-state index contributed by atoms with van der Waals surface area (Å²) >= 11 is 4.72. The van der Waals surface area contributed by atoms with Gasteiger partial charge >= 0.3 is 11.9 Å². The summed E-state index contributed by atoms with van der Waals surface area (Å²) in [7, 11) is 0. The molecule has 3 aliphatic rings. The summed E-state index contributed by atoms with van der Waals surface area (Å²) in [5, 5.41) is 0. The Balaban J connectivity index is 1.51. The smallest absolute Gasteiger partial charge is 0.338 e. The van der Waals surface area contributed by atoms with E-state index in [9.17, 15) is 9.59 Å². The molecule has 2 bridgehead atoms. The molecule has 2 atom stereocenters. The van der Waals surface area contributed by atoms with Gasteiger partial charge < -0.3 is 9.47 Å². The molecule has 0 heterocycles. The van der Waals surface area contributed by atoms with Gasteiger partial charge in [0.2, 0.25) is 0 Å². The van der Waals surface area contributed by atoms with E-state index in [0.717, 1.165) is 29.4 Å². The van der Waals surface area contributed by atoms with Crippen molar-refractivity contribution in [2.75, 3.05) is 0 Å². The third-order valence-electron chi connectivity index (χ3n) is 6.95. The average Bonchev–Trinajstić information content (AvgIpc) is 2.91. The third kappa shape index (κ3) is 3.94. The number of benzene rings is 4. The van der Waals surface area contributed by atoms with Crippen molar-refractivity contribution < 1.29 is 19.1 Å². The molecule has 0 spiro atoms. The second kappa shape index (κ2) is 9.63. The molecule has 0 aliphatic heterocycles. The van der Waals surface area contributed by atoms with E-state index in [1.807, 2.05) is 48.5 Å². The Morgan fingerprint density at radius 1 is 0.528 bits per heavy atom. The molecule has 0 aromatic heterocycles. The summed E-state index contributed by atoms with van der Waals surface area (Å²) in [6.45, 7) is 0. The molecule has 6 heteroatoms. The van der Waals surface area contributed by atoms with Crippen molar-refractivity contribution in [2.45, 2.75) is 24.0 Å². The molecule has 178 valence electrons. The lowest BCUT2D eigenvalue weighted by Crippen LogP contribution is -2.52. The SMILES string of the molecule is O=C(OC1C2c3cccc(I)c3C(c3c(I)cccc32)C1OC(=O)c1ccccc1)c1ccccc1. The van der Waals surface area contributed by atoms with Crippen molar-refractivity contribution in [3.63, 3.8) is 0 Å². The second-order valence-corrected chi connectivity index (χ2v) is 11.2. The van der Waals surface area contributed by atoms with Gasteiger partial charge in [-0.2, -0.15) is 0 Å². The number of rotatable bonds is 4. The molecule has 0 N–H and O–H groups in total. The topological polar surface area (TPSA) is 52.6 Å². The Morgan fingerprint density at radius 2 is 0.944 bits per heavy atom. The molecule has 7 rings (SSSR count). The van der Waals surface area contributed by atoms with Crippen molar-refractivity contribution in [1.82, 2.24) is 0 Å². The van der Waals surface area contributed by atoms with Crippen molar-refractivity contribution >= 4 is 57.1 Å². The highest BCUT2D eigenvalue weighted by atomic mass is 127. The average molecular weight is 698 g/mol. The number of esters is 2. The quantitative estimate of drug-likeness (QED) is 0.171. The van der Waals surface area contributed by atoms with Crippen LogP contribution < -0.4 is 0 Å². The molecule has 4 nitrogen and oxygen atoms in total. The second-order valence-electron chi connectivity index (χ2n) is 8.91. The van der Waals surface area contributed by atoms with E-state index in [2.05, 4.69) is 69.4 Å². The van der Waals surface area contributed by atoms with Gasteiger partial charge in [-0.05, 0) is 104 Å². The van der Waals surface area contributed by atoms with Crippen LogP contribution in [-0.4, -0.2) is 24.1 Å². The lowest BCUT2D eigenvalue weighted by Gasteiger charge is -2.49. The molecule has 0 saturated heterocycles. The first-order chi connectivity index (χ1) is 17.5. The molecular formula is C30H20I2O4. The Morgan fingerprint density at radius 3 is 1.39 bits per heavy atom. The van der Waals surface area contributed by atoms with Gasteiger partial charge in [-0.25, -0.2) is 9.59 Å². The van der Waals surface area contributed by atoms with Crippen LogP contribution in [0.15, 0.2) is 97.1 Å². The predicted octanol–water partition coefficient (Wildman–Crippen LogP) is 6.94. The number of halogens is 2. The van der Waals surface area contributed by atoms with Crippen LogP contribution >= 0.6 is 45.2 Å².